The molecule has 0 unspecified atom stereocenters. The number of hydrogen-bond donors (Lipinski definition) is 1. The van der Waals surface area contributed by atoms with Crippen molar-refractivity contribution in [3.63, 3.8) is 0 Å². The fourth-order valence-corrected chi connectivity index (χ4v) is 2.47. The van der Waals surface area contributed by atoms with Gasteiger partial charge in [-0.1, -0.05) is 6.92 Å². The average Bonchev–Trinajstić information content (AvgIpc) is 2.65. The van der Waals surface area contributed by atoms with Gasteiger partial charge in [0.25, 0.3) is 0 Å². The Hall–Kier alpha value is -0.290. The second kappa shape index (κ2) is 8.00. The number of hydrogen-bond acceptors (Lipinski definition) is 3. The molecule has 6 heteroatoms. The second-order valence-corrected chi connectivity index (χ2v) is 5.06. The second-order valence-electron chi connectivity index (χ2n) is 5.06. The molecule has 0 spiro atoms. The van der Waals surface area contributed by atoms with Crippen LogP contribution >= 0.6 is 24.8 Å². The normalized spacial score (nSPS) is 21.8. The van der Waals surface area contributed by atoms with Gasteiger partial charge in [0.1, 0.15) is 0 Å². The quantitative estimate of drug-likeness (QED) is 0.927. The third-order valence-corrected chi connectivity index (χ3v) is 3.35. The first-order valence-corrected chi connectivity index (χ1v) is 6.11. The highest BCUT2D eigenvalue weighted by atomic mass is 35.5. The van der Waals surface area contributed by atoms with E-state index in [9.17, 15) is 0 Å². The van der Waals surface area contributed by atoms with Gasteiger partial charge in [0.15, 0.2) is 0 Å². The molecule has 1 fully saturated rings. The van der Waals surface area contributed by atoms with Crippen LogP contribution in [0.1, 0.15) is 31.4 Å². The van der Waals surface area contributed by atoms with Crippen molar-refractivity contribution in [2.45, 2.75) is 25.8 Å². The maximum atomic E-state index is 6.19. The first kappa shape index (κ1) is 17.7. The largest absolute Gasteiger partial charge is 0.323 e. The Balaban J connectivity index is 0.00000144. The molecule has 2 heterocycles. The van der Waals surface area contributed by atoms with E-state index in [2.05, 4.69) is 16.9 Å². The summed E-state index contributed by atoms with van der Waals surface area (Å²) in [5.74, 6) is 0.815. The number of likely N-dealkylation sites (tertiary alicyclic amines) is 1. The molecule has 106 valence electrons. The van der Waals surface area contributed by atoms with Crippen LogP contribution in [0.15, 0.2) is 12.4 Å². The van der Waals surface area contributed by atoms with Gasteiger partial charge in [0, 0.05) is 37.9 Å². The summed E-state index contributed by atoms with van der Waals surface area (Å²) in [5, 5.41) is 4.16. The molecule has 2 N–H and O–H groups in total. The van der Waals surface area contributed by atoms with Crippen molar-refractivity contribution in [1.82, 2.24) is 14.7 Å². The van der Waals surface area contributed by atoms with Crippen molar-refractivity contribution < 1.29 is 0 Å². The first-order chi connectivity index (χ1) is 7.65. The molecule has 0 radical (unpaired) electrons. The van der Waals surface area contributed by atoms with Crippen LogP contribution in [0.4, 0.5) is 0 Å². The van der Waals surface area contributed by atoms with Crippen molar-refractivity contribution in [2.75, 3.05) is 19.6 Å². The van der Waals surface area contributed by atoms with Crippen LogP contribution in [-0.2, 0) is 7.05 Å². The van der Waals surface area contributed by atoms with Gasteiger partial charge in [-0.25, -0.2) is 0 Å². The average molecular weight is 295 g/mol. The third kappa shape index (κ3) is 4.76. The number of aryl methyl sites for hydroxylation is 1. The minimum absolute atomic E-state index is 0. The number of nitrogens with two attached hydrogens (primary N) is 1. The molecule has 2 rings (SSSR count). The van der Waals surface area contributed by atoms with E-state index >= 15 is 0 Å². The van der Waals surface area contributed by atoms with Crippen molar-refractivity contribution >= 4 is 24.8 Å². The summed E-state index contributed by atoms with van der Waals surface area (Å²) < 4.78 is 1.81. The minimum atomic E-state index is 0. The molecule has 0 bridgehead atoms. The monoisotopic (exact) mass is 294 g/mol. The molecule has 1 aliphatic rings. The highest BCUT2D eigenvalue weighted by Crippen LogP contribution is 2.18. The number of rotatable bonds is 3. The summed E-state index contributed by atoms with van der Waals surface area (Å²) in [6.07, 6.45) is 6.55. The van der Waals surface area contributed by atoms with Gasteiger partial charge < -0.3 is 10.6 Å². The number of piperidine rings is 1. The van der Waals surface area contributed by atoms with E-state index in [1.165, 1.54) is 25.9 Å². The Morgan fingerprint density at radius 3 is 2.78 bits per heavy atom. The van der Waals surface area contributed by atoms with E-state index in [1.807, 2.05) is 24.1 Å². The van der Waals surface area contributed by atoms with Gasteiger partial charge >= 0.3 is 0 Å². The van der Waals surface area contributed by atoms with Gasteiger partial charge in [-0.3, -0.25) is 4.68 Å². The van der Waals surface area contributed by atoms with Gasteiger partial charge in [-0.15, -0.1) is 24.8 Å². The molecule has 1 aromatic heterocycles. The van der Waals surface area contributed by atoms with Crippen LogP contribution < -0.4 is 5.73 Å². The Morgan fingerprint density at radius 1 is 1.50 bits per heavy atom. The molecule has 0 saturated carbocycles. The van der Waals surface area contributed by atoms with E-state index in [0.717, 1.165) is 18.0 Å². The van der Waals surface area contributed by atoms with E-state index in [1.54, 1.807) is 0 Å². The molecule has 1 aromatic rings. The highest BCUT2D eigenvalue weighted by molar-refractivity contribution is 5.85. The summed E-state index contributed by atoms with van der Waals surface area (Å²) in [6.45, 7) is 5.66. The number of aromatic nitrogens is 2. The summed E-state index contributed by atoms with van der Waals surface area (Å²) >= 11 is 0. The smallest absolute Gasteiger partial charge is 0.0537 e. The zero-order chi connectivity index (χ0) is 11.5. The zero-order valence-corrected chi connectivity index (χ0v) is 12.7. The lowest BCUT2D eigenvalue weighted by molar-refractivity contribution is 0.174. The first-order valence-electron chi connectivity index (χ1n) is 6.11. The van der Waals surface area contributed by atoms with Crippen LogP contribution in [0.3, 0.4) is 0 Å². The van der Waals surface area contributed by atoms with Crippen molar-refractivity contribution in [3.8, 4) is 0 Å². The lowest BCUT2D eigenvalue weighted by atomic mass is 9.99. The standard InChI is InChI=1S/C12H22N4.2ClH/c1-10-4-3-5-16(7-10)9-12(13)11-6-14-15(2)8-11;;/h6,8,10,12H,3-5,7,9,13H2,1-2H3;2*1H/t10-,12-;;/m0../s1. The van der Waals surface area contributed by atoms with Gasteiger partial charge in [0.2, 0.25) is 0 Å². The van der Waals surface area contributed by atoms with E-state index in [-0.39, 0.29) is 30.9 Å². The third-order valence-electron chi connectivity index (χ3n) is 3.35. The SMILES string of the molecule is C[C@H]1CCCN(C[C@H](N)c2cnn(C)c2)C1.Cl.Cl. The predicted molar refractivity (Wildman–Crippen MR) is 79.5 cm³/mol. The van der Waals surface area contributed by atoms with Crippen LogP contribution in [0.5, 0.6) is 0 Å². The molecule has 1 aliphatic heterocycles. The van der Waals surface area contributed by atoms with Gasteiger partial charge in [-0.05, 0) is 25.3 Å². The molecule has 0 aliphatic carbocycles. The molecule has 0 amide bonds. The van der Waals surface area contributed by atoms with Crippen molar-refractivity contribution in [1.29, 1.82) is 0 Å². The van der Waals surface area contributed by atoms with Crippen molar-refractivity contribution in [3.05, 3.63) is 18.0 Å². The number of nitrogens with zero attached hydrogens (tertiary/aromatic N) is 3. The molecule has 1 saturated heterocycles. The van der Waals surface area contributed by atoms with Crippen molar-refractivity contribution in [2.24, 2.45) is 18.7 Å². The summed E-state index contributed by atoms with van der Waals surface area (Å²) in [4.78, 5) is 2.48. The van der Waals surface area contributed by atoms with Gasteiger partial charge in [-0.2, -0.15) is 5.10 Å². The molecule has 4 nitrogen and oxygen atoms in total. The Morgan fingerprint density at radius 2 is 2.22 bits per heavy atom. The number of halogens is 2. The summed E-state index contributed by atoms with van der Waals surface area (Å²) in [5.41, 5.74) is 7.33. The highest BCUT2D eigenvalue weighted by Gasteiger charge is 2.19. The minimum Gasteiger partial charge on any atom is -0.323 e. The summed E-state index contributed by atoms with van der Waals surface area (Å²) in [7, 11) is 1.93. The lowest BCUT2D eigenvalue weighted by Gasteiger charge is -2.32. The maximum absolute atomic E-state index is 6.19. The molecule has 2 atom stereocenters. The maximum Gasteiger partial charge on any atom is 0.0537 e. The topological polar surface area (TPSA) is 47.1 Å². The van der Waals surface area contributed by atoms with E-state index in [4.69, 9.17) is 5.73 Å². The fourth-order valence-electron chi connectivity index (χ4n) is 2.47. The Kier molecular flexibility index (Phi) is 7.87. The zero-order valence-electron chi connectivity index (χ0n) is 11.1. The van der Waals surface area contributed by atoms with Crippen LogP contribution in [-0.4, -0.2) is 34.3 Å². The lowest BCUT2D eigenvalue weighted by Crippen LogP contribution is -2.39. The van der Waals surface area contributed by atoms with Crippen LogP contribution in [0.2, 0.25) is 0 Å². The van der Waals surface area contributed by atoms with E-state index in [0.29, 0.717) is 0 Å². The van der Waals surface area contributed by atoms with Gasteiger partial charge in [0.05, 0.1) is 6.20 Å². The Labute approximate surface area is 122 Å². The fraction of sp³-hybridized carbons (Fsp3) is 0.750. The van der Waals surface area contributed by atoms with E-state index < -0.39 is 0 Å². The Bertz CT molecular complexity index is 343. The molecular weight excluding hydrogens is 271 g/mol. The summed E-state index contributed by atoms with van der Waals surface area (Å²) in [6, 6.07) is 0.0963. The predicted octanol–water partition coefficient (Wildman–Crippen LogP) is 2.00. The molecular formula is C12H24Cl2N4. The van der Waals surface area contributed by atoms with Crippen LogP contribution in [0.25, 0.3) is 0 Å². The van der Waals surface area contributed by atoms with Crippen LogP contribution in [0, 0.1) is 5.92 Å². The molecule has 18 heavy (non-hydrogen) atoms. The molecule has 0 aromatic carbocycles.